The van der Waals surface area contributed by atoms with Crippen LogP contribution in [-0.4, -0.2) is 19.3 Å². The Labute approximate surface area is 136 Å². The highest BCUT2D eigenvalue weighted by atomic mass is 79.9. The summed E-state index contributed by atoms with van der Waals surface area (Å²) in [6.07, 6.45) is 0. The summed E-state index contributed by atoms with van der Waals surface area (Å²) in [6.45, 7) is 2.47. The topological polar surface area (TPSA) is 37.4 Å². The monoisotopic (exact) mass is 393 g/mol. The second kappa shape index (κ2) is 6.58. The molecular formula is C13H13BrClNO2S2. The van der Waals surface area contributed by atoms with E-state index in [9.17, 15) is 8.42 Å². The molecule has 3 nitrogen and oxygen atoms in total. The summed E-state index contributed by atoms with van der Waals surface area (Å²) in [6, 6.07) is 9.01. The van der Waals surface area contributed by atoms with Crippen molar-refractivity contribution in [2.45, 2.75) is 17.7 Å². The summed E-state index contributed by atoms with van der Waals surface area (Å²) in [5.41, 5.74) is 0.798. The lowest BCUT2D eigenvalue weighted by atomic mass is 10.2. The van der Waals surface area contributed by atoms with E-state index in [-0.39, 0.29) is 6.54 Å². The zero-order chi connectivity index (χ0) is 14.8. The molecule has 0 aliphatic heterocycles. The maximum atomic E-state index is 12.6. The molecule has 0 aliphatic rings. The maximum absolute atomic E-state index is 12.6. The molecule has 20 heavy (non-hydrogen) atoms. The van der Waals surface area contributed by atoms with Crippen molar-refractivity contribution >= 4 is 48.9 Å². The van der Waals surface area contributed by atoms with Gasteiger partial charge in [0.25, 0.3) is 10.0 Å². The molecule has 1 aromatic carbocycles. The minimum absolute atomic E-state index is 0.267. The first-order chi connectivity index (χ1) is 9.46. The molecule has 0 aliphatic carbocycles. The van der Waals surface area contributed by atoms with Crippen molar-refractivity contribution in [1.82, 2.24) is 4.31 Å². The molecule has 0 fully saturated rings. The Morgan fingerprint density at radius 1 is 1.30 bits per heavy atom. The summed E-state index contributed by atoms with van der Waals surface area (Å²) >= 11 is 10.6. The third-order valence-corrected chi connectivity index (χ3v) is 7.75. The average molecular weight is 395 g/mol. The number of sulfonamides is 1. The van der Waals surface area contributed by atoms with Crippen molar-refractivity contribution in [3.05, 3.63) is 50.8 Å². The lowest BCUT2D eigenvalue weighted by molar-refractivity contribution is 0.424. The van der Waals surface area contributed by atoms with Gasteiger partial charge in [0.15, 0.2) is 0 Å². The van der Waals surface area contributed by atoms with Gasteiger partial charge in [-0.15, -0.1) is 11.3 Å². The quantitative estimate of drug-likeness (QED) is 0.755. The van der Waals surface area contributed by atoms with Gasteiger partial charge in [-0.2, -0.15) is 4.31 Å². The zero-order valence-electron chi connectivity index (χ0n) is 10.7. The van der Waals surface area contributed by atoms with Gasteiger partial charge in [0.2, 0.25) is 0 Å². The molecule has 2 rings (SSSR count). The van der Waals surface area contributed by atoms with E-state index in [1.807, 2.05) is 25.1 Å². The van der Waals surface area contributed by atoms with Crippen LogP contribution < -0.4 is 0 Å². The molecule has 1 aromatic heterocycles. The highest BCUT2D eigenvalue weighted by molar-refractivity contribution is 9.10. The van der Waals surface area contributed by atoms with Gasteiger partial charge in [-0.25, -0.2) is 8.42 Å². The Morgan fingerprint density at radius 3 is 2.55 bits per heavy atom. The zero-order valence-corrected chi connectivity index (χ0v) is 14.7. The Bertz CT molecular complexity index is 700. The molecule has 0 spiro atoms. The molecule has 0 N–H and O–H groups in total. The van der Waals surface area contributed by atoms with Crippen LogP contribution in [0.15, 0.2) is 44.4 Å². The number of hydrogen-bond donors (Lipinski definition) is 0. The van der Waals surface area contributed by atoms with E-state index < -0.39 is 10.0 Å². The van der Waals surface area contributed by atoms with Crippen LogP contribution in [0.25, 0.3) is 0 Å². The molecule has 0 amide bonds. The summed E-state index contributed by atoms with van der Waals surface area (Å²) < 4.78 is 27.6. The molecule has 108 valence electrons. The third-order valence-electron chi connectivity index (χ3n) is 2.82. The van der Waals surface area contributed by atoms with E-state index in [2.05, 4.69) is 15.9 Å². The van der Waals surface area contributed by atoms with Crippen molar-refractivity contribution < 1.29 is 8.42 Å². The number of thiophene rings is 1. The highest BCUT2D eigenvalue weighted by Gasteiger charge is 2.27. The van der Waals surface area contributed by atoms with Gasteiger partial charge >= 0.3 is 0 Å². The number of hydrogen-bond acceptors (Lipinski definition) is 3. The van der Waals surface area contributed by atoms with Crippen LogP contribution in [0.1, 0.15) is 12.5 Å². The summed E-state index contributed by atoms with van der Waals surface area (Å²) in [5, 5.41) is 2.33. The average Bonchev–Trinajstić information content (AvgIpc) is 2.84. The van der Waals surface area contributed by atoms with Gasteiger partial charge in [0.05, 0.1) is 0 Å². The fourth-order valence-electron chi connectivity index (χ4n) is 1.76. The van der Waals surface area contributed by atoms with Crippen molar-refractivity contribution in [3.8, 4) is 0 Å². The molecule has 2 aromatic rings. The van der Waals surface area contributed by atoms with Crippen LogP contribution in [0.5, 0.6) is 0 Å². The van der Waals surface area contributed by atoms with Crippen LogP contribution in [0.2, 0.25) is 5.02 Å². The Morgan fingerprint density at radius 2 is 2.00 bits per heavy atom. The summed E-state index contributed by atoms with van der Waals surface area (Å²) in [4.78, 5) is 0. The predicted octanol–water partition coefficient (Wildman–Crippen LogP) is 4.37. The standard InChI is InChI=1S/C13H13BrClNO2S2/c1-2-16(9-10-5-3-4-6-12(10)15)20(17,18)13-11(14)7-8-19-13/h3-8H,2,9H2,1H3. The largest absolute Gasteiger partial charge is 0.253 e. The number of nitrogens with zero attached hydrogens (tertiary/aromatic N) is 1. The van der Waals surface area contributed by atoms with E-state index >= 15 is 0 Å². The summed E-state index contributed by atoms with van der Waals surface area (Å²) in [7, 11) is -3.51. The van der Waals surface area contributed by atoms with Crippen LogP contribution in [0.3, 0.4) is 0 Å². The SMILES string of the molecule is CCN(Cc1ccccc1Cl)S(=O)(=O)c1sccc1Br. The molecule has 0 saturated carbocycles. The smallest absolute Gasteiger partial charge is 0.206 e. The molecule has 0 saturated heterocycles. The lowest BCUT2D eigenvalue weighted by Gasteiger charge is -2.20. The normalized spacial score (nSPS) is 12.0. The molecule has 1 heterocycles. The molecule has 7 heteroatoms. The third kappa shape index (κ3) is 3.26. The van der Waals surface area contributed by atoms with E-state index in [1.165, 1.54) is 15.6 Å². The first kappa shape index (κ1) is 16.0. The predicted molar refractivity (Wildman–Crippen MR) is 86.7 cm³/mol. The molecular weight excluding hydrogens is 382 g/mol. The van der Waals surface area contributed by atoms with Gasteiger partial charge in [-0.3, -0.25) is 0 Å². The Balaban J connectivity index is 2.34. The van der Waals surface area contributed by atoms with Crippen molar-refractivity contribution in [2.75, 3.05) is 6.54 Å². The Hall–Kier alpha value is -0.400. The molecule has 0 atom stereocenters. The van der Waals surface area contributed by atoms with E-state index in [0.717, 1.165) is 5.56 Å². The van der Waals surface area contributed by atoms with Crippen LogP contribution in [-0.2, 0) is 16.6 Å². The van der Waals surface area contributed by atoms with Crippen LogP contribution in [0, 0.1) is 0 Å². The maximum Gasteiger partial charge on any atom is 0.253 e. The second-order valence-corrected chi connectivity index (χ2v) is 8.39. The number of benzene rings is 1. The minimum atomic E-state index is -3.51. The van der Waals surface area contributed by atoms with Gasteiger partial charge in [-0.05, 0) is 39.0 Å². The van der Waals surface area contributed by atoms with E-state index in [0.29, 0.717) is 20.2 Å². The minimum Gasteiger partial charge on any atom is -0.206 e. The van der Waals surface area contributed by atoms with Crippen LogP contribution >= 0.6 is 38.9 Å². The number of halogens is 2. The lowest BCUT2D eigenvalue weighted by Crippen LogP contribution is -2.30. The van der Waals surface area contributed by atoms with Crippen LogP contribution in [0.4, 0.5) is 0 Å². The Kier molecular flexibility index (Phi) is 5.25. The number of rotatable bonds is 5. The van der Waals surface area contributed by atoms with E-state index in [1.54, 1.807) is 17.5 Å². The molecule has 0 bridgehead atoms. The van der Waals surface area contributed by atoms with Crippen molar-refractivity contribution in [3.63, 3.8) is 0 Å². The molecule has 0 unspecified atom stereocenters. The first-order valence-corrected chi connectivity index (χ1v) is 9.42. The highest BCUT2D eigenvalue weighted by Crippen LogP contribution is 2.31. The molecule has 0 radical (unpaired) electrons. The van der Waals surface area contributed by atoms with Crippen molar-refractivity contribution in [1.29, 1.82) is 0 Å². The second-order valence-electron chi connectivity index (χ2n) is 4.08. The first-order valence-electron chi connectivity index (χ1n) is 5.93. The van der Waals surface area contributed by atoms with Gasteiger partial charge < -0.3 is 0 Å². The van der Waals surface area contributed by atoms with E-state index in [4.69, 9.17) is 11.6 Å². The summed E-state index contributed by atoms with van der Waals surface area (Å²) in [5.74, 6) is 0. The van der Waals surface area contributed by atoms with Crippen molar-refractivity contribution in [2.24, 2.45) is 0 Å². The van der Waals surface area contributed by atoms with Gasteiger partial charge in [0, 0.05) is 22.6 Å². The fourth-order valence-corrected chi connectivity index (χ4v) is 5.84. The van der Waals surface area contributed by atoms with Gasteiger partial charge in [-0.1, -0.05) is 36.7 Å². The fraction of sp³-hybridized carbons (Fsp3) is 0.231. The van der Waals surface area contributed by atoms with Gasteiger partial charge in [0.1, 0.15) is 4.21 Å².